The van der Waals surface area contributed by atoms with Crippen molar-refractivity contribution in [1.29, 1.82) is 0 Å². The van der Waals surface area contributed by atoms with Crippen molar-refractivity contribution in [2.75, 3.05) is 12.8 Å². The second-order valence-corrected chi connectivity index (χ2v) is 3.88. The number of hydrogen-bond acceptors (Lipinski definition) is 6. The Bertz CT molecular complexity index is 644. The predicted octanol–water partition coefficient (Wildman–Crippen LogP) is 1.90. The highest BCUT2D eigenvalue weighted by Gasteiger charge is 2.13. The van der Waals surface area contributed by atoms with Crippen LogP contribution in [0.3, 0.4) is 0 Å². The third-order valence-corrected chi connectivity index (χ3v) is 2.58. The number of aromatic nitrogens is 2. The zero-order valence-electron chi connectivity index (χ0n) is 11.1. The molecule has 0 aliphatic heterocycles. The van der Waals surface area contributed by atoms with Crippen molar-refractivity contribution in [3.8, 4) is 5.88 Å². The third-order valence-electron chi connectivity index (χ3n) is 2.58. The van der Waals surface area contributed by atoms with Crippen molar-refractivity contribution in [2.45, 2.75) is 6.61 Å². The maximum absolute atomic E-state index is 13.5. The first-order valence-electron chi connectivity index (χ1n) is 5.86. The molecule has 0 radical (unpaired) electrons. The summed E-state index contributed by atoms with van der Waals surface area (Å²) in [6.45, 7) is -0.344. The minimum absolute atomic E-state index is 0.0472. The Balaban J connectivity index is 2.24. The van der Waals surface area contributed by atoms with Gasteiger partial charge < -0.3 is 15.3 Å². The lowest BCUT2D eigenvalue weighted by atomic mass is 10.2. The molecule has 0 spiro atoms. The van der Waals surface area contributed by atoms with Crippen molar-refractivity contribution in [2.24, 2.45) is 5.16 Å². The molecule has 0 bridgehead atoms. The normalized spacial score (nSPS) is 10.8. The monoisotopic (exact) mass is 294 g/mol. The van der Waals surface area contributed by atoms with E-state index in [4.69, 9.17) is 10.5 Å². The van der Waals surface area contributed by atoms with E-state index in [1.807, 2.05) is 0 Å². The minimum Gasteiger partial charge on any atom is -0.472 e. The molecule has 1 aromatic heterocycles. The van der Waals surface area contributed by atoms with Gasteiger partial charge in [-0.15, -0.1) is 0 Å². The minimum atomic E-state index is -0.705. The second-order valence-electron chi connectivity index (χ2n) is 3.88. The molecular formula is C13H12F2N4O2. The average Bonchev–Trinajstić information content (AvgIpc) is 2.46. The molecular weight excluding hydrogens is 282 g/mol. The summed E-state index contributed by atoms with van der Waals surface area (Å²) in [5.74, 6) is -1.26. The van der Waals surface area contributed by atoms with Crippen molar-refractivity contribution < 1.29 is 18.4 Å². The molecule has 0 saturated carbocycles. The van der Waals surface area contributed by atoms with Crippen LogP contribution >= 0.6 is 0 Å². The van der Waals surface area contributed by atoms with Gasteiger partial charge in [-0.3, -0.25) is 0 Å². The summed E-state index contributed by atoms with van der Waals surface area (Å²) in [5, 5.41) is 3.54. The Kier molecular flexibility index (Phi) is 4.60. The lowest BCUT2D eigenvalue weighted by Gasteiger charge is -2.10. The largest absolute Gasteiger partial charge is 0.472 e. The number of ether oxygens (including phenoxy) is 1. The lowest BCUT2D eigenvalue weighted by Crippen LogP contribution is -2.07. The molecule has 0 saturated heterocycles. The fraction of sp³-hybridized carbons (Fsp3) is 0.154. The van der Waals surface area contributed by atoms with Crippen LogP contribution < -0.4 is 10.5 Å². The first-order chi connectivity index (χ1) is 10.1. The van der Waals surface area contributed by atoms with E-state index in [0.29, 0.717) is 0 Å². The number of hydrogen-bond donors (Lipinski definition) is 1. The highest BCUT2D eigenvalue weighted by molar-refractivity contribution is 5.87. The zero-order chi connectivity index (χ0) is 15.2. The van der Waals surface area contributed by atoms with E-state index in [1.165, 1.54) is 25.7 Å². The van der Waals surface area contributed by atoms with Gasteiger partial charge in [0.25, 0.3) is 0 Å². The van der Waals surface area contributed by atoms with Crippen molar-refractivity contribution in [3.05, 3.63) is 47.3 Å². The van der Waals surface area contributed by atoms with E-state index in [0.717, 1.165) is 12.1 Å². The standard InChI is InChI=1S/C13H12F2N4O2/c1-20-19-5-8-12(16)17-7-18-13(8)21-6-9-10(14)3-2-4-11(9)15/h2-5,7H,6H2,1H3,(H2,16,17,18). The Morgan fingerprint density at radius 2 is 2.00 bits per heavy atom. The highest BCUT2D eigenvalue weighted by Crippen LogP contribution is 2.20. The Hall–Kier alpha value is -2.77. The van der Waals surface area contributed by atoms with Gasteiger partial charge in [-0.25, -0.2) is 18.7 Å². The van der Waals surface area contributed by atoms with Crippen molar-refractivity contribution in [3.63, 3.8) is 0 Å². The number of nitrogens with zero attached hydrogens (tertiary/aromatic N) is 3. The van der Waals surface area contributed by atoms with E-state index in [2.05, 4.69) is 20.0 Å². The maximum atomic E-state index is 13.5. The molecule has 1 aromatic carbocycles. The quantitative estimate of drug-likeness (QED) is 0.672. The summed E-state index contributed by atoms with van der Waals surface area (Å²) in [5.41, 5.74) is 5.72. The van der Waals surface area contributed by atoms with E-state index in [-0.39, 0.29) is 29.4 Å². The molecule has 110 valence electrons. The van der Waals surface area contributed by atoms with Gasteiger partial charge in [-0.05, 0) is 12.1 Å². The molecule has 2 rings (SSSR count). The third kappa shape index (κ3) is 3.41. The van der Waals surface area contributed by atoms with Crippen LogP contribution in [0.2, 0.25) is 0 Å². The Labute approximate surface area is 119 Å². The molecule has 0 unspecified atom stereocenters. The lowest BCUT2D eigenvalue weighted by molar-refractivity contribution is 0.215. The summed E-state index contributed by atoms with van der Waals surface area (Å²) < 4.78 is 32.3. The summed E-state index contributed by atoms with van der Waals surface area (Å²) in [7, 11) is 1.35. The molecule has 8 heteroatoms. The fourth-order valence-corrected chi connectivity index (χ4v) is 1.54. The number of benzene rings is 1. The van der Waals surface area contributed by atoms with E-state index < -0.39 is 11.6 Å². The number of nitrogens with two attached hydrogens (primary N) is 1. The van der Waals surface area contributed by atoms with Gasteiger partial charge in [0.2, 0.25) is 5.88 Å². The van der Waals surface area contributed by atoms with E-state index in [1.54, 1.807) is 0 Å². The van der Waals surface area contributed by atoms with Crippen LogP contribution in [-0.2, 0) is 11.4 Å². The smallest absolute Gasteiger partial charge is 0.228 e. The first kappa shape index (κ1) is 14.6. The maximum Gasteiger partial charge on any atom is 0.228 e. The van der Waals surface area contributed by atoms with Crippen molar-refractivity contribution in [1.82, 2.24) is 9.97 Å². The molecule has 0 amide bonds. The van der Waals surface area contributed by atoms with Crippen LogP contribution in [0.25, 0.3) is 0 Å². The topological polar surface area (TPSA) is 82.6 Å². The number of oxime groups is 1. The molecule has 21 heavy (non-hydrogen) atoms. The second kappa shape index (κ2) is 6.60. The summed E-state index contributed by atoms with van der Waals surface area (Å²) in [6.07, 6.45) is 2.43. The van der Waals surface area contributed by atoms with Gasteiger partial charge in [-0.2, -0.15) is 0 Å². The molecule has 0 aliphatic rings. The van der Waals surface area contributed by atoms with Gasteiger partial charge >= 0.3 is 0 Å². The highest BCUT2D eigenvalue weighted by atomic mass is 19.1. The van der Waals surface area contributed by atoms with Crippen LogP contribution in [0.15, 0.2) is 29.7 Å². The summed E-state index contributed by atoms with van der Waals surface area (Å²) in [4.78, 5) is 12.2. The number of rotatable bonds is 5. The predicted molar refractivity (Wildman–Crippen MR) is 71.7 cm³/mol. The van der Waals surface area contributed by atoms with Crippen molar-refractivity contribution >= 4 is 12.0 Å². The molecule has 2 aromatic rings. The fourth-order valence-electron chi connectivity index (χ4n) is 1.54. The molecule has 1 heterocycles. The van der Waals surface area contributed by atoms with Crippen LogP contribution in [0, 0.1) is 11.6 Å². The van der Waals surface area contributed by atoms with Gasteiger partial charge in [0, 0.05) is 0 Å². The van der Waals surface area contributed by atoms with Gasteiger partial charge in [0.15, 0.2) is 0 Å². The summed E-state index contributed by atoms with van der Waals surface area (Å²) in [6, 6.07) is 3.56. The average molecular weight is 294 g/mol. The molecule has 0 fully saturated rings. The van der Waals surface area contributed by atoms with Gasteiger partial charge in [0.1, 0.15) is 43.1 Å². The zero-order valence-corrected chi connectivity index (χ0v) is 11.1. The van der Waals surface area contributed by atoms with E-state index in [9.17, 15) is 8.78 Å². The van der Waals surface area contributed by atoms with Crippen LogP contribution in [0.4, 0.5) is 14.6 Å². The van der Waals surface area contributed by atoms with Crippen LogP contribution in [-0.4, -0.2) is 23.3 Å². The van der Waals surface area contributed by atoms with E-state index >= 15 is 0 Å². The van der Waals surface area contributed by atoms with Gasteiger partial charge in [0.05, 0.1) is 11.8 Å². The molecule has 6 nitrogen and oxygen atoms in total. The molecule has 0 atom stereocenters. The Morgan fingerprint density at radius 1 is 1.29 bits per heavy atom. The first-order valence-corrected chi connectivity index (χ1v) is 5.86. The van der Waals surface area contributed by atoms with Crippen LogP contribution in [0.1, 0.15) is 11.1 Å². The number of nitrogen functional groups attached to an aromatic ring is 1. The van der Waals surface area contributed by atoms with Crippen LogP contribution in [0.5, 0.6) is 5.88 Å². The molecule has 2 N–H and O–H groups in total. The number of anilines is 1. The van der Waals surface area contributed by atoms with Gasteiger partial charge in [-0.1, -0.05) is 11.2 Å². The number of halogens is 2. The Morgan fingerprint density at radius 3 is 2.67 bits per heavy atom. The summed E-state index contributed by atoms with van der Waals surface area (Å²) >= 11 is 0. The SMILES string of the molecule is CON=Cc1c(N)ncnc1OCc1c(F)cccc1F. The molecule has 0 aliphatic carbocycles.